The van der Waals surface area contributed by atoms with Crippen molar-refractivity contribution in [2.24, 2.45) is 0 Å². The first kappa shape index (κ1) is 23.3. The third-order valence-electron chi connectivity index (χ3n) is 5.85. The molecule has 182 valence electrons. The fourth-order valence-corrected chi connectivity index (χ4v) is 4.29. The number of hydrogen-bond acceptors (Lipinski definition) is 6. The molecule has 0 fully saturated rings. The molecule has 5 rings (SSSR count). The van der Waals surface area contributed by atoms with Gasteiger partial charge in [0.1, 0.15) is 17.1 Å². The molecule has 0 aliphatic carbocycles. The molecular weight excluding hydrogens is 456 g/mol. The minimum atomic E-state index is -0.954. The van der Waals surface area contributed by atoms with Crippen LogP contribution in [-0.2, 0) is 6.54 Å². The van der Waals surface area contributed by atoms with E-state index in [1.165, 1.54) is 0 Å². The highest BCUT2D eigenvalue weighted by Gasteiger charge is 2.20. The van der Waals surface area contributed by atoms with Gasteiger partial charge in [0.05, 0.1) is 30.2 Å². The summed E-state index contributed by atoms with van der Waals surface area (Å²) >= 11 is 0. The maximum Gasteiger partial charge on any atom is 0.272 e. The van der Waals surface area contributed by atoms with E-state index in [4.69, 9.17) is 10.1 Å². The van der Waals surface area contributed by atoms with Crippen LogP contribution in [-0.4, -0.2) is 43.6 Å². The third kappa shape index (κ3) is 4.32. The maximum absolute atomic E-state index is 12.2. The molecule has 9 nitrogen and oxygen atoms in total. The summed E-state index contributed by atoms with van der Waals surface area (Å²) in [5.41, 5.74) is 2.05. The number of amidine groups is 1. The van der Waals surface area contributed by atoms with Gasteiger partial charge in [-0.25, -0.2) is 5.10 Å². The second-order valence-corrected chi connectivity index (χ2v) is 9.20. The number of aromatic nitrogens is 4. The number of benzene rings is 3. The average Bonchev–Trinajstić information content (AvgIpc) is 3.22. The summed E-state index contributed by atoms with van der Waals surface area (Å²) in [5.74, 6) is 0.651. The molecule has 0 radical (unpaired) electrons. The summed E-state index contributed by atoms with van der Waals surface area (Å²) < 4.78 is 7.37. The molecule has 5 aromatic rings. The molecule has 0 aliphatic heterocycles. The number of methoxy groups -OCH3 is 1. The molecule has 4 N–H and O–H groups in total. The van der Waals surface area contributed by atoms with Crippen LogP contribution < -0.4 is 15.6 Å². The summed E-state index contributed by atoms with van der Waals surface area (Å²) in [6, 6.07) is 20.3. The van der Waals surface area contributed by atoms with Crippen LogP contribution in [0, 0.1) is 5.41 Å². The summed E-state index contributed by atoms with van der Waals surface area (Å²) in [6.07, 6.45) is 0. The SMILES string of the molecule is COc1cc(NC(=N)c2nn(CC(C)(C)O)c3ccccc23)ccc1-c1n[nH]c(=O)c2ccccc12. The van der Waals surface area contributed by atoms with Crippen molar-refractivity contribution < 1.29 is 9.84 Å². The zero-order valence-electron chi connectivity index (χ0n) is 20.2. The number of hydrogen-bond donors (Lipinski definition) is 4. The van der Waals surface area contributed by atoms with E-state index >= 15 is 0 Å². The van der Waals surface area contributed by atoms with Crippen LogP contribution in [0.4, 0.5) is 5.69 Å². The first-order chi connectivity index (χ1) is 17.2. The quantitative estimate of drug-likeness (QED) is 0.213. The van der Waals surface area contributed by atoms with Gasteiger partial charge in [-0.05, 0) is 38.1 Å². The van der Waals surface area contributed by atoms with Crippen molar-refractivity contribution in [2.45, 2.75) is 26.0 Å². The summed E-state index contributed by atoms with van der Waals surface area (Å²) in [4.78, 5) is 12.2. The molecule has 0 spiro atoms. The van der Waals surface area contributed by atoms with E-state index in [9.17, 15) is 9.90 Å². The van der Waals surface area contributed by atoms with Gasteiger partial charge in [0.2, 0.25) is 0 Å². The molecule has 2 aromatic heterocycles. The molecule has 0 saturated heterocycles. The zero-order chi connectivity index (χ0) is 25.4. The Morgan fingerprint density at radius 1 is 1.08 bits per heavy atom. The van der Waals surface area contributed by atoms with Crippen LogP contribution >= 0.6 is 0 Å². The van der Waals surface area contributed by atoms with E-state index < -0.39 is 5.60 Å². The molecule has 0 unspecified atom stereocenters. The molecule has 0 saturated carbocycles. The van der Waals surface area contributed by atoms with Gasteiger partial charge in [-0.15, -0.1) is 0 Å². The van der Waals surface area contributed by atoms with Crippen LogP contribution in [0.25, 0.3) is 32.9 Å². The van der Waals surface area contributed by atoms with Crippen molar-refractivity contribution >= 4 is 33.2 Å². The van der Waals surface area contributed by atoms with Gasteiger partial charge < -0.3 is 15.2 Å². The zero-order valence-corrected chi connectivity index (χ0v) is 20.2. The van der Waals surface area contributed by atoms with Crippen molar-refractivity contribution in [1.29, 1.82) is 5.41 Å². The molecule has 36 heavy (non-hydrogen) atoms. The van der Waals surface area contributed by atoms with Gasteiger partial charge in [-0.1, -0.05) is 36.4 Å². The Kier molecular flexibility index (Phi) is 5.77. The van der Waals surface area contributed by atoms with Gasteiger partial charge >= 0.3 is 0 Å². The lowest BCUT2D eigenvalue weighted by atomic mass is 10.0. The Bertz CT molecular complexity index is 1660. The highest BCUT2D eigenvalue weighted by atomic mass is 16.5. The molecule has 0 amide bonds. The number of aliphatic hydroxyl groups is 1. The van der Waals surface area contributed by atoms with Crippen molar-refractivity contribution in [3.05, 3.63) is 82.8 Å². The van der Waals surface area contributed by atoms with Crippen LogP contribution in [0.3, 0.4) is 0 Å². The topological polar surface area (TPSA) is 129 Å². The van der Waals surface area contributed by atoms with E-state index in [2.05, 4.69) is 20.6 Å². The number of nitrogens with zero attached hydrogens (tertiary/aromatic N) is 3. The Hall–Kier alpha value is -4.50. The number of para-hydroxylation sites is 1. The van der Waals surface area contributed by atoms with E-state index in [0.717, 1.165) is 16.3 Å². The lowest BCUT2D eigenvalue weighted by Crippen LogP contribution is -2.27. The largest absolute Gasteiger partial charge is 0.496 e. The Labute approximate surface area is 206 Å². The summed E-state index contributed by atoms with van der Waals surface area (Å²) in [5, 5.41) is 35.7. The highest BCUT2D eigenvalue weighted by Crippen LogP contribution is 2.34. The second-order valence-electron chi connectivity index (χ2n) is 9.20. The smallest absolute Gasteiger partial charge is 0.272 e. The van der Waals surface area contributed by atoms with Gasteiger partial charge in [-0.2, -0.15) is 10.2 Å². The predicted molar refractivity (Wildman–Crippen MR) is 141 cm³/mol. The standard InChI is InChI=1S/C27H26N6O3/c1-27(2,35)15-33-21-11-7-6-10-19(21)24(32-33)25(28)29-16-12-13-20(22(14-16)36-3)23-17-8-4-5-9-18(17)26(34)31-30-23/h4-14,35H,15H2,1-3H3,(H2,28,29)(H,31,34). The molecule has 9 heteroatoms. The third-order valence-corrected chi connectivity index (χ3v) is 5.85. The molecule has 0 atom stereocenters. The first-order valence-electron chi connectivity index (χ1n) is 11.4. The maximum atomic E-state index is 12.2. The fraction of sp³-hybridized carbons (Fsp3) is 0.185. The number of anilines is 1. The minimum absolute atomic E-state index is 0.114. The van der Waals surface area contributed by atoms with Gasteiger partial charge in [0.25, 0.3) is 5.56 Å². The minimum Gasteiger partial charge on any atom is -0.496 e. The number of aromatic amines is 1. The fourth-order valence-electron chi connectivity index (χ4n) is 4.29. The van der Waals surface area contributed by atoms with Crippen molar-refractivity contribution in [2.75, 3.05) is 12.4 Å². The number of H-pyrrole nitrogens is 1. The first-order valence-corrected chi connectivity index (χ1v) is 11.4. The average molecular weight is 483 g/mol. The highest BCUT2D eigenvalue weighted by molar-refractivity contribution is 6.12. The Morgan fingerprint density at radius 3 is 2.50 bits per heavy atom. The second kappa shape index (κ2) is 8.94. The number of ether oxygens (including phenoxy) is 1. The monoisotopic (exact) mass is 482 g/mol. The van der Waals surface area contributed by atoms with Crippen LogP contribution in [0.1, 0.15) is 19.5 Å². The van der Waals surface area contributed by atoms with E-state index in [-0.39, 0.29) is 11.4 Å². The van der Waals surface area contributed by atoms with Crippen molar-refractivity contribution in [1.82, 2.24) is 20.0 Å². The summed E-state index contributed by atoms with van der Waals surface area (Å²) in [7, 11) is 1.56. The Balaban J connectivity index is 1.50. The molecule has 3 aromatic carbocycles. The lowest BCUT2D eigenvalue weighted by Gasteiger charge is -2.17. The van der Waals surface area contributed by atoms with Crippen LogP contribution in [0.5, 0.6) is 5.75 Å². The van der Waals surface area contributed by atoms with Gasteiger partial charge in [0, 0.05) is 28.1 Å². The van der Waals surface area contributed by atoms with E-state index in [1.54, 1.807) is 37.8 Å². The van der Waals surface area contributed by atoms with Crippen LogP contribution in [0.15, 0.2) is 71.5 Å². The number of rotatable bonds is 6. The normalized spacial score (nSPS) is 11.7. The van der Waals surface area contributed by atoms with E-state index in [0.29, 0.717) is 40.3 Å². The van der Waals surface area contributed by atoms with Gasteiger partial charge in [-0.3, -0.25) is 14.9 Å². The summed E-state index contributed by atoms with van der Waals surface area (Å²) in [6.45, 7) is 3.74. The molecular formula is C27H26N6O3. The van der Waals surface area contributed by atoms with E-state index in [1.807, 2.05) is 54.6 Å². The molecule has 2 heterocycles. The van der Waals surface area contributed by atoms with Crippen molar-refractivity contribution in [3.8, 4) is 17.0 Å². The van der Waals surface area contributed by atoms with Crippen molar-refractivity contribution in [3.63, 3.8) is 0 Å². The lowest BCUT2D eigenvalue weighted by molar-refractivity contribution is 0.0591. The number of fused-ring (bicyclic) bond motifs is 2. The van der Waals surface area contributed by atoms with Gasteiger partial charge in [0.15, 0.2) is 5.84 Å². The molecule has 0 aliphatic rings. The van der Waals surface area contributed by atoms with Crippen LogP contribution in [0.2, 0.25) is 0 Å². The Morgan fingerprint density at radius 2 is 1.78 bits per heavy atom. The molecule has 0 bridgehead atoms. The number of nitrogens with one attached hydrogen (secondary N) is 3. The predicted octanol–water partition coefficient (Wildman–Crippen LogP) is 4.16.